The van der Waals surface area contributed by atoms with E-state index in [1.165, 1.54) is 27.1 Å². The zero-order chi connectivity index (χ0) is 13.4. The van der Waals surface area contributed by atoms with Gasteiger partial charge in [-0.15, -0.1) is 11.3 Å². The van der Waals surface area contributed by atoms with Crippen LogP contribution >= 0.6 is 11.3 Å². The summed E-state index contributed by atoms with van der Waals surface area (Å²) in [6, 6.07) is 19.3. The van der Waals surface area contributed by atoms with Crippen molar-refractivity contribution in [2.75, 3.05) is 0 Å². The Morgan fingerprint density at radius 2 is 1.80 bits per heavy atom. The van der Waals surface area contributed by atoms with Crippen molar-refractivity contribution in [2.24, 2.45) is 4.99 Å². The van der Waals surface area contributed by atoms with Crippen molar-refractivity contribution in [3.05, 3.63) is 76.0 Å². The van der Waals surface area contributed by atoms with Crippen LogP contribution in [-0.4, -0.2) is 6.21 Å². The average Bonchev–Trinajstić information content (AvgIpc) is 3.12. The fourth-order valence-corrected chi connectivity index (χ4v) is 3.30. The van der Waals surface area contributed by atoms with Gasteiger partial charge in [0.1, 0.15) is 0 Å². The largest absolute Gasteiger partial charge is 0.255 e. The summed E-state index contributed by atoms with van der Waals surface area (Å²) in [6.07, 6.45) is 2.96. The van der Waals surface area contributed by atoms with Gasteiger partial charge in [0.25, 0.3) is 0 Å². The fraction of sp³-hybridized carbons (Fsp3) is 0.0556. The van der Waals surface area contributed by atoms with Crippen LogP contribution in [0.3, 0.4) is 0 Å². The van der Waals surface area contributed by atoms with Gasteiger partial charge in [-0.05, 0) is 52.3 Å². The third-order valence-corrected chi connectivity index (χ3v) is 4.47. The molecule has 0 fully saturated rings. The first-order valence-electron chi connectivity index (χ1n) is 6.69. The minimum atomic E-state index is 1.02. The molecule has 2 heteroatoms. The summed E-state index contributed by atoms with van der Waals surface area (Å²) in [4.78, 5) is 5.76. The molecule has 0 atom stereocenters. The van der Waals surface area contributed by atoms with Crippen LogP contribution in [0.1, 0.15) is 16.0 Å². The number of fused-ring (bicyclic) bond motifs is 3. The highest BCUT2D eigenvalue weighted by molar-refractivity contribution is 7.11. The molecule has 1 aliphatic rings. The summed E-state index contributed by atoms with van der Waals surface area (Å²) in [5.74, 6) is 0. The number of benzene rings is 2. The molecule has 96 valence electrons. The number of rotatable bonds is 2. The van der Waals surface area contributed by atoms with Gasteiger partial charge in [0.2, 0.25) is 0 Å². The predicted molar refractivity (Wildman–Crippen MR) is 86.3 cm³/mol. The molecule has 2 aromatic carbocycles. The van der Waals surface area contributed by atoms with Gasteiger partial charge in [-0.2, -0.15) is 0 Å². The van der Waals surface area contributed by atoms with Gasteiger partial charge >= 0.3 is 0 Å². The van der Waals surface area contributed by atoms with Crippen molar-refractivity contribution in [1.29, 1.82) is 0 Å². The first kappa shape index (κ1) is 11.6. The third kappa shape index (κ3) is 1.98. The number of thiophene rings is 1. The zero-order valence-corrected chi connectivity index (χ0v) is 11.7. The molecular formula is C18H13NS. The van der Waals surface area contributed by atoms with Gasteiger partial charge in [-0.3, -0.25) is 4.99 Å². The molecule has 0 aliphatic heterocycles. The first-order chi connectivity index (χ1) is 9.90. The minimum Gasteiger partial charge on any atom is -0.255 e. The zero-order valence-electron chi connectivity index (χ0n) is 10.9. The normalized spacial score (nSPS) is 12.6. The lowest BCUT2D eigenvalue weighted by atomic mass is 10.1. The highest BCUT2D eigenvalue weighted by Crippen LogP contribution is 2.38. The molecule has 1 aromatic heterocycles. The topological polar surface area (TPSA) is 12.4 Å². The number of hydrogen-bond donors (Lipinski definition) is 0. The molecule has 1 aliphatic carbocycles. The molecule has 1 heterocycles. The number of nitrogens with zero attached hydrogens (tertiary/aromatic N) is 1. The van der Waals surface area contributed by atoms with E-state index in [-0.39, 0.29) is 0 Å². The second kappa shape index (κ2) is 4.73. The van der Waals surface area contributed by atoms with Crippen molar-refractivity contribution in [1.82, 2.24) is 0 Å². The van der Waals surface area contributed by atoms with E-state index in [1.54, 1.807) is 11.3 Å². The Kier molecular flexibility index (Phi) is 2.75. The molecule has 0 spiro atoms. The lowest BCUT2D eigenvalue weighted by Crippen LogP contribution is -1.80. The molecule has 0 N–H and O–H groups in total. The maximum atomic E-state index is 4.57. The van der Waals surface area contributed by atoms with E-state index in [4.69, 9.17) is 0 Å². The van der Waals surface area contributed by atoms with E-state index in [9.17, 15) is 0 Å². The second-order valence-electron chi connectivity index (χ2n) is 4.95. The second-order valence-corrected chi connectivity index (χ2v) is 5.93. The van der Waals surface area contributed by atoms with E-state index in [1.807, 2.05) is 12.3 Å². The van der Waals surface area contributed by atoms with Crippen LogP contribution in [0, 0.1) is 0 Å². The van der Waals surface area contributed by atoms with Crippen molar-refractivity contribution in [3.63, 3.8) is 0 Å². The van der Waals surface area contributed by atoms with E-state index in [0.717, 1.165) is 12.1 Å². The van der Waals surface area contributed by atoms with E-state index in [2.05, 4.69) is 58.9 Å². The molecule has 1 nitrogen and oxygen atoms in total. The van der Waals surface area contributed by atoms with E-state index in [0.29, 0.717) is 0 Å². The summed E-state index contributed by atoms with van der Waals surface area (Å²) in [7, 11) is 0. The third-order valence-electron chi connectivity index (χ3n) is 3.66. The van der Waals surface area contributed by atoms with Gasteiger partial charge < -0.3 is 0 Å². The Hall–Kier alpha value is -2.19. The molecule has 0 saturated carbocycles. The van der Waals surface area contributed by atoms with Gasteiger partial charge in [0.05, 0.1) is 5.69 Å². The molecular weight excluding hydrogens is 262 g/mol. The van der Waals surface area contributed by atoms with Crippen molar-refractivity contribution < 1.29 is 0 Å². The SMILES string of the molecule is C(=Nc1ccc2c(c1)Cc1ccccc1-2)c1cccs1. The van der Waals surface area contributed by atoms with Crippen molar-refractivity contribution in [3.8, 4) is 11.1 Å². The summed E-state index contributed by atoms with van der Waals surface area (Å²) >= 11 is 1.71. The van der Waals surface area contributed by atoms with Crippen LogP contribution in [0.4, 0.5) is 5.69 Å². The summed E-state index contributed by atoms with van der Waals surface area (Å²) in [5, 5.41) is 2.07. The summed E-state index contributed by atoms with van der Waals surface area (Å²) in [6.45, 7) is 0. The highest BCUT2D eigenvalue weighted by atomic mass is 32.1. The molecule has 0 bridgehead atoms. The van der Waals surface area contributed by atoms with Crippen LogP contribution in [-0.2, 0) is 6.42 Å². The van der Waals surface area contributed by atoms with Gasteiger partial charge in [0.15, 0.2) is 0 Å². The Morgan fingerprint density at radius 1 is 0.900 bits per heavy atom. The fourth-order valence-electron chi connectivity index (χ4n) is 2.71. The lowest BCUT2D eigenvalue weighted by molar-refractivity contribution is 1.26. The highest BCUT2D eigenvalue weighted by Gasteiger charge is 2.17. The molecule has 3 aromatic rings. The van der Waals surface area contributed by atoms with Gasteiger partial charge in [-0.1, -0.05) is 36.4 Å². The van der Waals surface area contributed by atoms with E-state index < -0.39 is 0 Å². The van der Waals surface area contributed by atoms with E-state index >= 15 is 0 Å². The molecule has 0 radical (unpaired) electrons. The Labute approximate surface area is 122 Å². The quantitative estimate of drug-likeness (QED) is 0.453. The molecule has 0 amide bonds. The predicted octanol–water partition coefficient (Wildman–Crippen LogP) is 5.07. The number of hydrogen-bond acceptors (Lipinski definition) is 2. The maximum absolute atomic E-state index is 4.57. The van der Waals surface area contributed by atoms with Crippen LogP contribution in [0.25, 0.3) is 11.1 Å². The molecule has 20 heavy (non-hydrogen) atoms. The lowest BCUT2D eigenvalue weighted by Gasteiger charge is -2.01. The van der Waals surface area contributed by atoms with Crippen LogP contribution in [0.5, 0.6) is 0 Å². The monoisotopic (exact) mass is 275 g/mol. The first-order valence-corrected chi connectivity index (χ1v) is 7.57. The standard InChI is InChI=1S/C18H13NS/c1-2-6-17-13(4-1)10-14-11-15(7-8-18(14)17)19-12-16-5-3-9-20-16/h1-9,11-12H,10H2. The van der Waals surface area contributed by atoms with Crippen LogP contribution in [0.15, 0.2) is 65.0 Å². The minimum absolute atomic E-state index is 1.02. The van der Waals surface area contributed by atoms with Crippen molar-refractivity contribution >= 4 is 23.2 Å². The maximum Gasteiger partial charge on any atom is 0.0633 e. The van der Waals surface area contributed by atoms with Crippen molar-refractivity contribution in [2.45, 2.75) is 6.42 Å². The summed E-state index contributed by atoms with van der Waals surface area (Å²) in [5.41, 5.74) is 6.56. The Bertz CT molecular complexity index is 785. The van der Waals surface area contributed by atoms with Crippen LogP contribution in [0.2, 0.25) is 0 Å². The number of aliphatic imine (C=N–C) groups is 1. The van der Waals surface area contributed by atoms with Gasteiger partial charge in [0, 0.05) is 11.1 Å². The summed E-state index contributed by atoms with van der Waals surface area (Å²) < 4.78 is 0. The molecule has 0 unspecified atom stereocenters. The Balaban J connectivity index is 1.69. The smallest absolute Gasteiger partial charge is 0.0633 e. The van der Waals surface area contributed by atoms with Crippen LogP contribution < -0.4 is 0 Å². The average molecular weight is 275 g/mol. The molecule has 0 saturated heterocycles. The molecule has 4 rings (SSSR count). The van der Waals surface area contributed by atoms with Gasteiger partial charge in [-0.25, -0.2) is 0 Å². The Morgan fingerprint density at radius 3 is 2.70 bits per heavy atom.